The number of hydrogen-bond donors (Lipinski definition) is 0. The van der Waals surface area contributed by atoms with Crippen molar-refractivity contribution in [2.24, 2.45) is 4.99 Å². The second kappa shape index (κ2) is 4.76. The van der Waals surface area contributed by atoms with Crippen LogP contribution < -0.4 is 0 Å². The van der Waals surface area contributed by atoms with Crippen molar-refractivity contribution in [1.29, 1.82) is 0 Å². The van der Waals surface area contributed by atoms with Crippen molar-refractivity contribution < 1.29 is 0 Å². The van der Waals surface area contributed by atoms with Crippen LogP contribution in [-0.2, 0) is 0 Å². The van der Waals surface area contributed by atoms with E-state index in [2.05, 4.69) is 32.6 Å². The van der Waals surface area contributed by atoms with Crippen LogP contribution in [0.3, 0.4) is 0 Å². The number of pyridine rings is 1. The number of aliphatic imine (C=N–C) groups is 1. The molecule has 0 spiro atoms. The van der Waals surface area contributed by atoms with Gasteiger partial charge in [0.1, 0.15) is 0 Å². The van der Waals surface area contributed by atoms with Gasteiger partial charge in [-0.1, -0.05) is 11.6 Å². The summed E-state index contributed by atoms with van der Waals surface area (Å²) in [5.41, 5.74) is 0. The van der Waals surface area contributed by atoms with Crippen LogP contribution in [0.4, 0.5) is 5.82 Å². The molecule has 0 aliphatic heterocycles. The second-order valence-corrected chi connectivity index (χ2v) is 4.12. The maximum atomic E-state index is 5.89. The van der Waals surface area contributed by atoms with Crippen LogP contribution in [0.15, 0.2) is 17.3 Å². The lowest BCUT2D eigenvalue weighted by Gasteiger charge is -2.03. The maximum absolute atomic E-state index is 5.89. The first-order valence-corrected chi connectivity index (χ1v) is 5.07. The van der Waals surface area contributed by atoms with Crippen LogP contribution in [0.2, 0.25) is 5.02 Å². The van der Waals surface area contributed by atoms with E-state index in [0.29, 0.717) is 10.8 Å². The van der Waals surface area contributed by atoms with Crippen molar-refractivity contribution in [3.8, 4) is 0 Å². The average molecular weight is 310 g/mol. The third-order valence-electron chi connectivity index (χ3n) is 1.23. The fourth-order valence-corrected chi connectivity index (χ4v) is 1.27. The van der Waals surface area contributed by atoms with E-state index in [4.69, 9.17) is 11.6 Å². The molecule has 0 unspecified atom stereocenters. The Kier molecular flexibility index (Phi) is 3.92. The molecule has 1 rings (SSSR count). The van der Waals surface area contributed by atoms with Gasteiger partial charge in [-0.3, -0.25) is 0 Å². The molecule has 0 amide bonds. The molecule has 5 heteroatoms. The Morgan fingerprint density at radius 1 is 1.62 bits per heavy atom. The zero-order chi connectivity index (χ0) is 9.84. The van der Waals surface area contributed by atoms with E-state index in [1.165, 1.54) is 0 Å². The van der Waals surface area contributed by atoms with Gasteiger partial charge in [-0.15, -0.1) is 0 Å². The van der Waals surface area contributed by atoms with Gasteiger partial charge >= 0.3 is 0 Å². The molecule has 0 radical (unpaired) electrons. The van der Waals surface area contributed by atoms with Crippen molar-refractivity contribution in [2.75, 3.05) is 14.1 Å². The summed E-state index contributed by atoms with van der Waals surface area (Å²) in [7, 11) is 3.81. The molecule has 3 nitrogen and oxygen atoms in total. The quantitative estimate of drug-likeness (QED) is 0.477. The molecule has 70 valence electrons. The lowest BCUT2D eigenvalue weighted by Crippen LogP contribution is -2.07. The minimum atomic E-state index is 0.654. The Bertz CT molecular complexity index is 325. The highest BCUT2D eigenvalue weighted by Gasteiger charge is 2.02. The molecule has 0 saturated carbocycles. The average Bonchev–Trinajstić information content (AvgIpc) is 2.07. The van der Waals surface area contributed by atoms with Gasteiger partial charge in [0.05, 0.1) is 14.9 Å². The normalized spacial score (nSPS) is 10.8. The molecule has 0 aliphatic carbocycles. The molecule has 0 aliphatic rings. The summed E-state index contributed by atoms with van der Waals surface area (Å²) in [6.07, 6.45) is 3.34. The monoisotopic (exact) mass is 309 g/mol. The number of hydrogen-bond acceptors (Lipinski definition) is 2. The Morgan fingerprint density at radius 2 is 2.31 bits per heavy atom. The lowest BCUT2D eigenvalue weighted by atomic mass is 10.5. The van der Waals surface area contributed by atoms with Crippen LogP contribution >= 0.6 is 34.2 Å². The van der Waals surface area contributed by atoms with E-state index in [0.717, 1.165) is 3.57 Å². The summed E-state index contributed by atoms with van der Waals surface area (Å²) < 4.78 is 0.875. The summed E-state index contributed by atoms with van der Waals surface area (Å²) in [5, 5.41) is 0.682. The molecule has 1 aromatic heterocycles. The summed E-state index contributed by atoms with van der Waals surface area (Å²) in [6, 6.07) is 1.75. The number of aromatic nitrogens is 1. The molecule has 0 saturated heterocycles. The zero-order valence-corrected chi connectivity index (χ0v) is 10.2. The highest BCUT2D eigenvalue weighted by molar-refractivity contribution is 14.1. The maximum Gasteiger partial charge on any atom is 0.168 e. The van der Waals surface area contributed by atoms with E-state index in [1.54, 1.807) is 18.6 Å². The molecule has 0 N–H and O–H groups in total. The second-order valence-electron chi connectivity index (χ2n) is 2.64. The molecule has 1 heterocycles. The third-order valence-corrected chi connectivity index (χ3v) is 2.93. The molecular weight excluding hydrogens is 300 g/mol. The van der Waals surface area contributed by atoms with Crippen molar-refractivity contribution in [1.82, 2.24) is 9.88 Å². The highest BCUT2D eigenvalue weighted by atomic mass is 127. The van der Waals surface area contributed by atoms with Crippen LogP contribution in [-0.4, -0.2) is 30.3 Å². The van der Waals surface area contributed by atoms with E-state index in [9.17, 15) is 0 Å². The predicted octanol–water partition coefficient (Wildman–Crippen LogP) is 2.56. The zero-order valence-electron chi connectivity index (χ0n) is 7.33. The van der Waals surface area contributed by atoms with Crippen molar-refractivity contribution in [2.45, 2.75) is 0 Å². The topological polar surface area (TPSA) is 28.5 Å². The van der Waals surface area contributed by atoms with Crippen LogP contribution in [0, 0.1) is 3.57 Å². The van der Waals surface area contributed by atoms with Crippen molar-refractivity contribution >= 4 is 46.3 Å². The number of rotatable bonds is 2. The minimum absolute atomic E-state index is 0.654. The van der Waals surface area contributed by atoms with E-state index < -0.39 is 0 Å². The Labute approximate surface area is 96.0 Å². The van der Waals surface area contributed by atoms with E-state index >= 15 is 0 Å². The smallest absolute Gasteiger partial charge is 0.168 e. The summed E-state index contributed by atoms with van der Waals surface area (Å²) in [6.45, 7) is 0. The van der Waals surface area contributed by atoms with Gasteiger partial charge < -0.3 is 4.90 Å². The van der Waals surface area contributed by atoms with Gasteiger partial charge in [0, 0.05) is 20.3 Å². The fourth-order valence-electron chi connectivity index (χ4n) is 0.670. The molecule has 0 atom stereocenters. The van der Waals surface area contributed by atoms with E-state index in [1.807, 2.05) is 19.0 Å². The SMILES string of the molecule is CN(C)C=Nc1nccc(Cl)c1I. The molecule has 13 heavy (non-hydrogen) atoms. The minimum Gasteiger partial charge on any atom is -0.369 e. The van der Waals surface area contributed by atoms with Gasteiger partial charge in [0.15, 0.2) is 5.82 Å². The summed E-state index contributed by atoms with van der Waals surface area (Å²) in [4.78, 5) is 10.1. The van der Waals surface area contributed by atoms with Crippen LogP contribution in [0.5, 0.6) is 0 Å². The number of nitrogens with zero attached hydrogens (tertiary/aromatic N) is 3. The molecular formula is C8H9ClIN3. The largest absolute Gasteiger partial charge is 0.369 e. The molecule has 1 aromatic rings. The van der Waals surface area contributed by atoms with Crippen LogP contribution in [0.25, 0.3) is 0 Å². The predicted molar refractivity (Wildman–Crippen MR) is 63.8 cm³/mol. The Hall–Kier alpha value is -0.360. The molecule has 0 bridgehead atoms. The number of halogens is 2. The van der Waals surface area contributed by atoms with Crippen molar-refractivity contribution in [3.63, 3.8) is 0 Å². The highest BCUT2D eigenvalue weighted by Crippen LogP contribution is 2.25. The fraction of sp³-hybridized carbons (Fsp3) is 0.250. The third kappa shape index (κ3) is 3.11. The first-order chi connectivity index (χ1) is 6.11. The Balaban J connectivity index is 2.95. The van der Waals surface area contributed by atoms with E-state index in [-0.39, 0.29) is 0 Å². The first-order valence-electron chi connectivity index (χ1n) is 3.62. The van der Waals surface area contributed by atoms with Crippen LogP contribution in [0.1, 0.15) is 0 Å². The van der Waals surface area contributed by atoms with Gasteiger partial charge in [-0.2, -0.15) is 0 Å². The summed E-state index contributed by atoms with van der Waals surface area (Å²) in [5.74, 6) is 0.654. The first kappa shape index (κ1) is 10.7. The lowest BCUT2D eigenvalue weighted by molar-refractivity contribution is 0.643. The molecule has 0 fully saturated rings. The van der Waals surface area contributed by atoms with Gasteiger partial charge in [0.2, 0.25) is 0 Å². The van der Waals surface area contributed by atoms with Gasteiger partial charge in [0.25, 0.3) is 0 Å². The molecule has 0 aromatic carbocycles. The Morgan fingerprint density at radius 3 is 2.92 bits per heavy atom. The van der Waals surface area contributed by atoms with Crippen molar-refractivity contribution in [3.05, 3.63) is 20.9 Å². The standard InChI is InChI=1S/C8H9ClIN3/c1-13(2)5-12-8-7(10)6(9)3-4-11-8/h3-5H,1-2H3. The van der Waals surface area contributed by atoms with Gasteiger partial charge in [-0.25, -0.2) is 9.98 Å². The van der Waals surface area contributed by atoms with Gasteiger partial charge in [-0.05, 0) is 28.7 Å². The summed E-state index contributed by atoms with van der Waals surface area (Å²) >= 11 is 8.02.